The standard InChI is InChI=1S/C16H19ClN4O3S/c1-12-3-6-16(19-18-12)20-7-9-21(10-8-20)25(22,23)15-11-13(17)4-5-14(15)24-2/h3-6,11H,7-10H2,1-2H3. The molecule has 0 radical (unpaired) electrons. The molecular formula is C16H19ClN4O3S. The van der Waals surface area contributed by atoms with E-state index >= 15 is 0 Å². The van der Waals surface area contributed by atoms with Gasteiger partial charge in [-0.1, -0.05) is 11.6 Å². The Hall–Kier alpha value is -1.90. The molecule has 3 rings (SSSR count). The highest BCUT2D eigenvalue weighted by Gasteiger charge is 2.31. The number of halogens is 1. The van der Waals surface area contributed by atoms with Crippen LogP contribution in [0.25, 0.3) is 0 Å². The minimum atomic E-state index is -3.68. The van der Waals surface area contributed by atoms with Crippen molar-refractivity contribution in [2.75, 3.05) is 38.2 Å². The Kier molecular flexibility index (Phi) is 5.12. The van der Waals surface area contributed by atoms with Crippen LogP contribution < -0.4 is 9.64 Å². The molecule has 2 aromatic rings. The first-order valence-electron chi connectivity index (χ1n) is 7.81. The molecule has 0 aliphatic carbocycles. The summed E-state index contributed by atoms with van der Waals surface area (Å²) in [5.41, 5.74) is 0.845. The molecule has 25 heavy (non-hydrogen) atoms. The first kappa shape index (κ1) is 17.9. The Bertz CT molecular complexity index is 850. The van der Waals surface area contributed by atoms with E-state index in [-0.39, 0.29) is 10.6 Å². The summed E-state index contributed by atoms with van der Waals surface area (Å²) >= 11 is 5.97. The van der Waals surface area contributed by atoms with Gasteiger partial charge >= 0.3 is 0 Å². The number of anilines is 1. The summed E-state index contributed by atoms with van der Waals surface area (Å²) in [6.07, 6.45) is 0. The van der Waals surface area contributed by atoms with Gasteiger partial charge < -0.3 is 9.64 Å². The Labute approximate surface area is 152 Å². The molecule has 1 aromatic carbocycles. The minimum absolute atomic E-state index is 0.0890. The van der Waals surface area contributed by atoms with Gasteiger partial charge in [-0.3, -0.25) is 0 Å². The van der Waals surface area contributed by atoms with Crippen LogP contribution in [-0.4, -0.2) is 56.2 Å². The highest BCUT2D eigenvalue weighted by Crippen LogP contribution is 2.30. The highest BCUT2D eigenvalue weighted by molar-refractivity contribution is 7.89. The van der Waals surface area contributed by atoms with E-state index in [1.165, 1.54) is 17.5 Å². The number of aromatic nitrogens is 2. The SMILES string of the molecule is COc1ccc(Cl)cc1S(=O)(=O)N1CCN(c2ccc(C)nn2)CC1. The van der Waals surface area contributed by atoms with Crippen LogP contribution >= 0.6 is 11.6 Å². The fraction of sp³-hybridized carbons (Fsp3) is 0.375. The molecule has 0 N–H and O–H groups in total. The largest absolute Gasteiger partial charge is 0.495 e. The lowest BCUT2D eigenvalue weighted by atomic mass is 10.3. The van der Waals surface area contributed by atoms with Crippen molar-refractivity contribution in [1.29, 1.82) is 0 Å². The number of benzene rings is 1. The van der Waals surface area contributed by atoms with E-state index < -0.39 is 10.0 Å². The summed E-state index contributed by atoms with van der Waals surface area (Å²) in [5, 5.41) is 8.56. The fourth-order valence-electron chi connectivity index (χ4n) is 2.71. The van der Waals surface area contributed by atoms with Gasteiger partial charge in [0, 0.05) is 31.2 Å². The zero-order valence-corrected chi connectivity index (χ0v) is 15.6. The summed E-state index contributed by atoms with van der Waals surface area (Å²) in [7, 11) is -2.24. The van der Waals surface area contributed by atoms with E-state index in [2.05, 4.69) is 10.2 Å². The van der Waals surface area contributed by atoms with Crippen molar-refractivity contribution >= 4 is 27.4 Å². The molecule has 7 nitrogen and oxygen atoms in total. The monoisotopic (exact) mass is 382 g/mol. The zero-order chi connectivity index (χ0) is 18.0. The molecule has 0 saturated carbocycles. The Morgan fingerprint density at radius 2 is 1.80 bits per heavy atom. The predicted octanol–water partition coefficient (Wildman–Crippen LogP) is 1.96. The fourth-order valence-corrected chi connectivity index (χ4v) is 4.55. The summed E-state index contributed by atoms with van der Waals surface area (Å²) in [4.78, 5) is 2.11. The third kappa shape index (κ3) is 3.70. The number of nitrogens with zero attached hydrogens (tertiary/aromatic N) is 4. The first-order valence-corrected chi connectivity index (χ1v) is 9.62. The number of rotatable bonds is 4. The van der Waals surface area contributed by atoms with Gasteiger partial charge in [-0.25, -0.2) is 8.42 Å². The third-order valence-electron chi connectivity index (χ3n) is 4.09. The Balaban J connectivity index is 1.78. The quantitative estimate of drug-likeness (QED) is 0.804. The normalized spacial score (nSPS) is 16.0. The summed E-state index contributed by atoms with van der Waals surface area (Å²) < 4.78 is 32.5. The highest BCUT2D eigenvalue weighted by atomic mass is 35.5. The second-order valence-electron chi connectivity index (χ2n) is 5.72. The van der Waals surface area contributed by atoms with E-state index in [1.54, 1.807) is 12.1 Å². The van der Waals surface area contributed by atoms with Crippen molar-refractivity contribution in [3.8, 4) is 5.75 Å². The second kappa shape index (κ2) is 7.15. The van der Waals surface area contributed by atoms with Gasteiger partial charge in [0.05, 0.1) is 12.8 Å². The molecule has 0 unspecified atom stereocenters. The van der Waals surface area contributed by atoms with Gasteiger partial charge in [-0.2, -0.15) is 9.40 Å². The summed E-state index contributed by atoms with van der Waals surface area (Å²) in [6, 6.07) is 8.38. The van der Waals surface area contributed by atoms with Gasteiger partial charge in [-0.15, -0.1) is 5.10 Å². The van der Waals surface area contributed by atoms with Crippen molar-refractivity contribution in [1.82, 2.24) is 14.5 Å². The van der Waals surface area contributed by atoms with Crippen LogP contribution in [0.4, 0.5) is 5.82 Å². The van der Waals surface area contributed by atoms with Crippen molar-refractivity contribution < 1.29 is 13.2 Å². The Morgan fingerprint density at radius 1 is 1.08 bits per heavy atom. The number of hydrogen-bond acceptors (Lipinski definition) is 6. The Morgan fingerprint density at radius 3 is 2.40 bits per heavy atom. The number of ether oxygens (including phenoxy) is 1. The maximum absolute atomic E-state index is 12.9. The van der Waals surface area contributed by atoms with Crippen LogP contribution in [0.3, 0.4) is 0 Å². The zero-order valence-electron chi connectivity index (χ0n) is 14.0. The van der Waals surface area contributed by atoms with Gasteiger partial charge in [0.2, 0.25) is 10.0 Å². The van der Waals surface area contributed by atoms with Crippen LogP contribution in [0.1, 0.15) is 5.69 Å². The average molecular weight is 383 g/mol. The third-order valence-corrected chi connectivity index (χ3v) is 6.24. The van der Waals surface area contributed by atoms with E-state index in [0.717, 1.165) is 11.5 Å². The number of methoxy groups -OCH3 is 1. The summed E-state index contributed by atoms with van der Waals surface area (Å²) in [6.45, 7) is 3.67. The van der Waals surface area contributed by atoms with Gasteiger partial charge in [0.15, 0.2) is 5.82 Å². The second-order valence-corrected chi connectivity index (χ2v) is 8.06. The molecule has 0 amide bonds. The number of piperazine rings is 1. The van der Waals surface area contributed by atoms with Crippen molar-refractivity contribution in [2.45, 2.75) is 11.8 Å². The molecule has 0 atom stereocenters. The molecule has 0 spiro atoms. The predicted molar refractivity (Wildman–Crippen MR) is 95.7 cm³/mol. The number of aryl methyl sites for hydroxylation is 1. The summed E-state index contributed by atoms with van der Waals surface area (Å²) in [5.74, 6) is 1.04. The smallest absolute Gasteiger partial charge is 0.246 e. The molecule has 134 valence electrons. The van der Waals surface area contributed by atoms with Crippen LogP contribution in [-0.2, 0) is 10.0 Å². The molecule has 1 fully saturated rings. The van der Waals surface area contributed by atoms with E-state index in [9.17, 15) is 8.42 Å². The van der Waals surface area contributed by atoms with Crippen LogP contribution in [0.15, 0.2) is 35.2 Å². The molecule has 0 bridgehead atoms. The maximum Gasteiger partial charge on any atom is 0.246 e. The van der Waals surface area contributed by atoms with Crippen molar-refractivity contribution in [3.63, 3.8) is 0 Å². The lowest BCUT2D eigenvalue weighted by Gasteiger charge is -2.34. The molecule has 1 aliphatic heterocycles. The van der Waals surface area contributed by atoms with Crippen LogP contribution in [0, 0.1) is 6.92 Å². The van der Waals surface area contributed by atoms with Crippen LogP contribution in [0.5, 0.6) is 5.75 Å². The minimum Gasteiger partial charge on any atom is -0.495 e. The molecule has 1 aliphatic rings. The van der Waals surface area contributed by atoms with Gasteiger partial charge in [0.1, 0.15) is 10.6 Å². The van der Waals surface area contributed by atoms with Crippen molar-refractivity contribution in [3.05, 3.63) is 41.0 Å². The van der Waals surface area contributed by atoms with Crippen LogP contribution in [0.2, 0.25) is 5.02 Å². The molecule has 9 heteroatoms. The average Bonchev–Trinajstić information content (AvgIpc) is 2.62. The molecule has 1 saturated heterocycles. The molecule has 2 heterocycles. The lowest BCUT2D eigenvalue weighted by molar-refractivity contribution is 0.373. The molecule has 1 aromatic heterocycles. The topological polar surface area (TPSA) is 75.6 Å². The number of sulfonamides is 1. The first-order chi connectivity index (χ1) is 11.9. The number of hydrogen-bond donors (Lipinski definition) is 0. The van der Waals surface area contributed by atoms with E-state index in [4.69, 9.17) is 16.3 Å². The van der Waals surface area contributed by atoms with Gasteiger partial charge in [0.25, 0.3) is 0 Å². The lowest BCUT2D eigenvalue weighted by Crippen LogP contribution is -2.49. The maximum atomic E-state index is 12.9. The van der Waals surface area contributed by atoms with Gasteiger partial charge in [-0.05, 0) is 37.3 Å². The van der Waals surface area contributed by atoms with Crippen molar-refractivity contribution in [2.24, 2.45) is 0 Å². The van der Waals surface area contributed by atoms with E-state index in [1.807, 2.05) is 24.0 Å². The van der Waals surface area contributed by atoms with E-state index in [0.29, 0.717) is 31.2 Å². The molecular weight excluding hydrogens is 364 g/mol.